The summed E-state index contributed by atoms with van der Waals surface area (Å²) in [5, 5.41) is 3.20. The second-order valence-corrected chi connectivity index (χ2v) is 7.43. The molecular formula is C20H30FN3O2. The van der Waals surface area contributed by atoms with Crippen molar-refractivity contribution in [2.75, 3.05) is 33.3 Å². The van der Waals surface area contributed by atoms with Crippen LogP contribution in [0, 0.1) is 5.82 Å². The number of carbonyl (C=O) groups excluding carboxylic acids is 1. The van der Waals surface area contributed by atoms with Crippen molar-refractivity contribution < 1.29 is 13.9 Å². The highest BCUT2D eigenvalue weighted by Gasteiger charge is 2.27. The lowest BCUT2D eigenvalue weighted by atomic mass is 10.1. The zero-order valence-corrected chi connectivity index (χ0v) is 15.8. The summed E-state index contributed by atoms with van der Waals surface area (Å²) >= 11 is 0. The first-order valence-electron chi connectivity index (χ1n) is 9.66. The minimum atomic E-state index is -0.239. The molecule has 1 saturated heterocycles. The van der Waals surface area contributed by atoms with E-state index in [-0.39, 0.29) is 17.8 Å². The number of benzene rings is 1. The number of piperazine rings is 1. The highest BCUT2D eigenvalue weighted by Crippen LogP contribution is 2.22. The number of hydrogen-bond acceptors (Lipinski definition) is 4. The fourth-order valence-corrected chi connectivity index (χ4v) is 3.98. The SMILES string of the molecule is COc1ccc(F)cc1CN1CCN([C@H](C)C(=O)NC2CCCC2)CC1. The number of carbonyl (C=O) groups is 1. The molecule has 1 saturated carbocycles. The first kappa shape index (κ1) is 19.1. The van der Waals surface area contributed by atoms with Crippen molar-refractivity contribution in [1.82, 2.24) is 15.1 Å². The van der Waals surface area contributed by atoms with Crippen LogP contribution in [0.3, 0.4) is 0 Å². The number of amides is 1. The van der Waals surface area contributed by atoms with Crippen molar-refractivity contribution in [3.8, 4) is 5.75 Å². The fraction of sp³-hybridized carbons (Fsp3) is 0.650. The Hall–Kier alpha value is -1.66. The lowest BCUT2D eigenvalue weighted by Crippen LogP contribution is -2.54. The topological polar surface area (TPSA) is 44.8 Å². The molecule has 1 amide bonds. The maximum absolute atomic E-state index is 13.5. The largest absolute Gasteiger partial charge is 0.496 e. The Morgan fingerprint density at radius 2 is 1.96 bits per heavy atom. The predicted octanol–water partition coefficient (Wildman–Crippen LogP) is 2.40. The van der Waals surface area contributed by atoms with Gasteiger partial charge < -0.3 is 10.1 Å². The fourth-order valence-electron chi connectivity index (χ4n) is 3.98. The van der Waals surface area contributed by atoms with Gasteiger partial charge in [-0.15, -0.1) is 0 Å². The van der Waals surface area contributed by atoms with E-state index < -0.39 is 0 Å². The predicted molar refractivity (Wildman–Crippen MR) is 99.7 cm³/mol. The Bertz CT molecular complexity index is 611. The number of nitrogens with zero attached hydrogens (tertiary/aromatic N) is 2. The molecule has 0 bridgehead atoms. The van der Waals surface area contributed by atoms with Gasteiger partial charge >= 0.3 is 0 Å². The van der Waals surface area contributed by atoms with Crippen LogP contribution < -0.4 is 10.1 Å². The molecule has 1 aromatic rings. The van der Waals surface area contributed by atoms with E-state index in [0.717, 1.165) is 50.3 Å². The van der Waals surface area contributed by atoms with Crippen LogP contribution in [0.25, 0.3) is 0 Å². The summed E-state index contributed by atoms with van der Waals surface area (Å²) in [5.74, 6) is 0.631. The van der Waals surface area contributed by atoms with Crippen molar-refractivity contribution in [1.29, 1.82) is 0 Å². The molecule has 2 aliphatic rings. The first-order valence-corrected chi connectivity index (χ1v) is 9.66. The van der Waals surface area contributed by atoms with Gasteiger partial charge in [0.15, 0.2) is 0 Å². The highest BCUT2D eigenvalue weighted by molar-refractivity contribution is 5.81. The van der Waals surface area contributed by atoms with Gasteiger partial charge in [-0.25, -0.2) is 4.39 Å². The molecule has 0 spiro atoms. The second-order valence-electron chi connectivity index (χ2n) is 7.43. The van der Waals surface area contributed by atoms with Crippen LogP contribution >= 0.6 is 0 Å². The van der Waals surface area contributed by atoms with Gasteiger partial charge in [0, 0.05) is 44.3 Å². The second kappa shape index (κ2) is 8.82. The Morgan fingerprint density at radius 3 is 2.62 bits per heavy atom. The summed E-state index contributed by atoms with van der Waals surface area (Å²) in [6.45, 7) is 6.07. The summed E-state index contributed by atoms with van der Waals surface area (Å²) in [5.41, 5.74) is 0.868. The van der Waals surface area contributed by atoms with Crippen LogP contribution in [-0.2, 0) is 11.3 Å². The van der Waals surface area contributed by atoms with E-state index in [2.05, 4.69) is 15.1 Å². The van der Waals surface area contributed by atoms with Crippen LogP contribution in [0.4, 0.5) is 4.39 Å². The standard InChI is InChI=1S/C20H30FN3O2/c1-15(20(25)22-18-5-3-4-6-18)24-11-9-23(10-12-24)14-16-13-17(21)7-8-19(16)26-2/h7-8,13,15,18H,3-6,9-12,14H2,1-2H3,(H,22,25)/t15-/m1/s1. The zero-order valence-electron chi connectivity index (χ0n) is 15.8. The number of hydrogen-bond donors (Lipinski definition) is 1. The molecule has 1 aromatic carbocycles. The van der Waals surface area contributed by atoms with E-state index >= 15 is 0 Å². The van der Waals surface area contributed by atoms with Gasteiger partial charge in [0.25, 0.3) is 0 Å². The molecule has 26 heavy (non-hydrogen) atoms. The smallest absolute Gasteiger partial charge is 0.237 e. The van der Waals surface area contributed by atoms with Gasteiger partial charge in [0.1, 0.15) is 11.6 Å². The van der Waals surface area contributed by atoms with Crippen LogP contribution in [0.1, 0.15) is 38.2 Å². The van der Waals surface area contributed by atoms with Crippen LogP contribution in [0.5, 0.6) is 5.75 Å². The minimum Gasteiger partial charge on any atom is -0.496 e. The van der Waals surface area contributed by atoms with Crippen molar-refractivity contribution in [3.63, 3.8) is 0 Å². The molecule has 6 heteroatoms. The van der Waals surface area contributed by atoms with Gasteiger partial charge in [0.2, 0.25) is 5.91 Å². The Balaban J connectivity index is 1.49. The molecule has 0 unspecified atom stereocenters. The molecule has 1 heterocycles. The lowest BCUT2D eigenvalue weighted by Gasteiger charge is -2.37. The van der Waals surface area contributed by atoms with Crippen molar-refractivity contribution >= 4 is 5.91 Å². The molecule has 0 aromatic heterocycles. The summed E-state index contributed by atoms with van der Waals surface area (Å²) < 4.78 is 18.9. The van der Waals surface area contributed by atoms with Crippen LogP contribution in [0.2, 0.25) is 0 Å². The molecule has 3 rings (SSSR count). The normalized spacial score (nSPS) is 20.9. The molecule has 144 valence electrons. The third kappa shape index (κ3) is 4.74. The van der Waals surface area contributed by atoms with E-state index in [1.165, 1.54) is 18.9 Å². The number of nitrogens with one attached hydrogen (secondary N) is 1. The number of ether oxygens (including phenoxy) is 1. The van der Waals surface area contributed by atoms with E-state index in [1.807, 2.05) is 6.92 Å². The molecule has 1 aliphatic carbocycles. The summed E-state index contributed by atoms with van der Waals surface area (Å²) in [4.78, 5) is 17.0. The van der Waals surface area contributed by atoms with Gasteiger partial charge in [-0.05, 0) is 38.0 Å². The van der Waals surface area contributed by atoms with Crippen molar-refractivity contribution in [2.24, 2.45) is 0 Å². The molecule has 1 N–H and O–H groups in total. The number of halogens is 1. The monoisotopic (exact) mass is 363 g/mol. The van der Waals surface area contributed by atoms with E-state index in [1.54, 1.807) is 19.2 Å². The summed E-state index contributed by atoms with van der Waals surface area (Å²) in [6.07, 6.45) is 4.67. The zero-order chi connectivity index (χ0) is 18.5. The number of rotatable bonds is 6. The van der Waals surface area contributed by atoms with Crippen LogP contribution in [-0.4, -0.2) is 61.1 Å². The Labute approximate surface area is 155 Å². The Kier molecular flexibility index (Phi) is 6.48. The molecule has 1 atom stereocenters. The van der Waals surface area contributed by atoms with Crippen LogP contribution in [0.15, 0.2) is 18.2 Å². The first-order chi connectivity index (χ1) is 12.6. The van der Waals surface area contributed by atoms with Gasteiger partial charge in [-0.2, -0.15) is 0 Å². The molecule has 5 nitrogen and oxygen atoms in total. The molecule has 1 aliphatic heterocycles. The van der Waals surface area contributed by atoms with Crippen molar-refractivity contribution in [2.45, 2.75) is 51.2 Å². The summed E-state index contributed by atoms with van der Waals surface area (Å²) in [7, 11) is 1.61. The molecule has 0 radical (unpaired) electrons. The van der Waals surface area contributed by atoms with Gasteiger partial charge in [0.05, 0.1) is 13.2 Å². The van der Waals surface area contributed by atoms with E-state index in [9.17, 15) is 9.18 Å². The lowest BCUT2D eigenvalue weighted by molar-refractivity contribution is -0.127. The maximum atomic E-state index is 13.5. The number of methoxy groups -OCH3 is 1. The molecular weight excluding hydrogens is 333 g/mol. The van der Waals surface area contributed by atoms with E-state index in [4.69, 9.17) is 4.74 Å². The average molecular weight is 363 g/mol. The van der Waals surface area contributed by atoms with Gasteiger partial charge in [-0.1, -0.05) is 12.8 Å². The summed E-state index contributed by atoms with van der Waals surface area (Å²) in [6, 6.07) is 4.91. The van der Waals surface area contributed by atoms with E-state index in [0.29, 0.717) is 12.6 Å². The minimum absolute atomic E-state index is 0.0959. The quantitative estimate of drug-likeness (QED) is 0.843. The third-order valence-corrected chi connectivity index (χ3v) is 5.67. The van der Waals surface area contributed by atoms with Gasteiger partial charge in [-0.3, -0.25) is 14.6 Å². The Morgan fingerprint density at radius 1 is 1.27 bits per heavy atom. The molecule has 2 fully saturated rings. The highest BCUT2D eigenvalue weighted by atomic mass is 19.1. The average Bonchev–Trinajstić information content (AvgIpc) is 3.15. The van der Waals surface area contributed by atoms with Crippen molar-refractivity contribution in [3.05, 3.63) is 29.6 Å². The third-order valence-electron chi connectivity index (χ3n) is 5.67. The maximum Gasteiger partial charge on any atom is 0.237 e.